The number of carbonyl (C=O) groups excluding carboxylic acids is 11. The van der Waals surface area contributed by atoms with Crippen LogP contribution in [0.3, 0.4) is 0 Å². The number of hydrogen-bond acceptors (Lipinski definition) is 16. The van der Waals surface area contributed by atoms with Crippen LogP contribution in [-0.4, -0.2) is 175 Å². The Morgan fingerprint density at radius 1 is 0.687 bits per heavy atom. The molecule has 0 unspecified atom stereocenters. The molecule has 1 aliphatic rings. The summed E-state index contributed by atoms with van der Waals surface area (Å²) in [5.41, 5.74) is 35.5. The Labute approximate surface area is 389 Å². The molecule has 0 spiro atoms. The van der Waals surface area contributed by atoms with Crippen molar-refractivity contribution in [2.24, 2.45) is 38.8 Å². The number of hydrogen-bond donors (Lipinski definition) is 15. The number of likely N-dealkylation sites (tertiary alicyclic amines) is 1. The number of nitrogens with one attached hydrogen (secondary N) is 8. The number of unbranched alkanes of at least 4 members (excludes halogenated alkanes) is 1. The van der Waals surface area contributed by atoms with Crippen LogP contribution in [0, 0.1) is 0 Å². The van der Waals surface area contributed by atoms with Crippen LogP contribution in [0.4, 0.5) is 0 Å². The van der Waals surface area contributed by atoms with Gasteiger partial charge in [0, 0.05) is 36.7 Å². The lowest BCUT2D eigenvalue weighted by atomic mass is 10.1. The van der Waals surface area contributed by atoms with E-state index in [1.807, 2.05) is 0 Å². The molecule has 31 heteroatoms. The van der Waals surface area contributed by atoms with Gasteiger partial charge < -0.3 is 81.2 Å². The SMILES string of the molecule is [N-]=[N+]=NCCCC[C@H](N)C(=O)NCC(=O)NCC(=O)NCC(=O)NCC(=O)N[C@@H](CO)C(=O)N[C@@H](CCC(N)=O)C(=O)N[C@@H](CCCN=C(N)N)C(=O)N1CCC[C@H]1C(=O)N[C@@H](CS)C(N)=O. The van der Waals surface area contributed by atoms with Gasteiger partial charge in [-0.1, -0.05) is 11.5 Å². The third-order valence-electron chi connectivity index (χ3n) is 9.57. The summed E-state index contributed by atoms with van der Waals surface area (Å²) in [6.45, 7) is -3.10. The van der Waals surface area contributed by atoms with Crippen LogP contribution >= 0.6 is 12.6 Å². The first-order chi connectivity index (χ1) is 31.7. The monoisotopic (exact) mass is 970 g/mol. The lowest BCUT2D eigenvalue weighted by Gasteiger charge is -2.30. The molecular formula is C36H62N18O12S. The summed E-state index contributed by atoms with van der Waals surface area (Å²) < 4.78 is 0. The predicted octanol–water partition coefficient (Wildman–Crippen LogP) is -8.08. The number of amides is 11. The molecule has 0 radical (unpaired) electrons. The molecule has 1 aliphatic heterocycles. The average molecular weight is 971 g/mol. The van der Waals surface area contributed by atoms with Crippen molar-refractivity contribution >= 4 is 83.6 Å². The lowest BCUT2D eigenvalue weighted by Crippen LogP contribution is -2.59. The van der Waals surface area contributed by atoms with Crippen molar-refractivity contribution in [3.8, 4) is 0 Å². The van der Waals surface area contributed by atoms with Crippen LogP contribution in [0.2, 0.25) is 0 Å². The Kier molecular flexibility index (Phi) is 27.6. The molecular weight excluding hydrogens is 909 g/mol. The molecule has 1 heterocycles. The number of aliphatic hydroxyl groups excluding tert-OH is 1. The number of aliphatic imine (C=N–C) groups is 1. The van der Waals surface area contributed by atoms with Gasteiger partial charge in [0.15, 0.2) is 5.96 Å². The average Bonchev–Trinajstić information content (AvgIpc) is 3.79. The van der Waals surface area contributed by atoms with Gasteiger partial charge in [0.05, 0.1) is 38.8 Å². The second-order valence-corrected chi connectivity index (χ2v) is 15.2. The molecule has 0 aromatic carbocycles. The van der Waals surface area contributed by atoms with Gasteiger partial charge in [-0.05, 0) is 50.5 Å². The van der Waals surface area contributed by atoms with E-state index in [0.29, 0.717) is 19.3 Å². The summed E-state index contributed by atoms with van der Waals surface area (Å²) in [5, 5.41) is 31.7. The molecule has 1 saturated heterocycles. The highest BCUT2D eigenvalue weighted by atomic mass is 32.1. The summed E-state index contributed by atoms with van der Waals surface area (Å²) in [6.07, 6.45) is 1.14. The lowest BCUT2D eigenvalue weighted by molar-refractivity contribution is -0.142. The van der Waals surface area contributed by atoms with Crippen molar-refractivity contribution in [3.63, 3.8) is 0 Å². The molecule has 0 aromatic rings. The zero-order chi connectivity index (χ0) is 50.5. The minimum Gasteiger partial charge on any atom is -0.394 e. The van der Waals surface area contributed by atoms with Crippen molar-refractivity contribution in [1.29, 1.82) is 0 Å². The summed E-state index contributed by atoms with van der Waals surface area (Å²) in [4.78, 5) is 146. The largest absolute Gasteiger partial charge is 0.394 e. The molecule has 0 saturated carbocycles. The number of primary amides is 2. The first-order valence-electron chi connectivity index (χ1n) is 20.9. The zero-order valence-corrected chi connectivity index (χ0v) is 37.6. The molecule has 0 bridgehead atoms. The second kappa shape index (κ2) is 31.8. The van der Waals surface area contributed by atoms with Crippen molar-refractivity contribution < 1.29 is 57.8 Å². The molecule has 1 rings (SSSR count). The maximum absolute atomic E-state index is 13.9. The van der Waals surface area contributed by atoms with Crippen LogP contribution in [0.15, 0.2) is 10.1 Å². The predicted molar refractivity (Wildman–Crippen MR) is 239 cm³/mol. The van der Waals surface area contributed by atoms with Crippen LogP contribution in [0.25, 0.3) is 10.4 Å². The van der Waals surface area contributed by atoms with Gasteiger partial charge in [0.2, 0.25) is 65.0 Å². The molecule has 0 aliphatic carbocycles. The zero-order valence-electron chi connectivity index (χ0n) is 36.7. The van der Waals surface area contributed by atoms with E-state index in [4.69, 9.17) is 34.2 Å². The first kappa shape index (κ1) is 58.0. The molecule has 6 atom stereocenters. The Balaban J connectivity index is 2.83. The molecule has 1 fully saturated rings. The topological polar surface area (TPSA) is 499 Å². The molecule has 0 aromatic heterocycles. The molecule has 30 nitrogen and oxygen atoms in total. The van der Waals surface area contributed by atoms with Gasteiger partial charge in [-0.2, -0.15) is 12.6 Å². The Bertz CT molecular complexity index is 1850. The standard InChI is InChI=1S/C36H62N18O12S/c37-19(5-1-2-11-48-53-42)31(62)47-15-28(59)45-13-26(57)44-14-27(58)46-16-29(60)49-22(17-55)33(64)50-20(8-9-25(38)56)32(63)51-21(6-3-10-43-36(40)41)35(66)54-12-4-7-24(54)34(65)52-23(18-67)30(39)61/h19-24,55,67H,1-18,37H2,(H2,38,56)(H2,39,61)(H,44,57)(H,45,59)(H,46,58)(H,47,62)(H,49,60)(H,50,64)(H,51,63)(H,52,65)(H4,40,41,43)/t19-,20-,21-,22-,23-,24-/m0/s1. The van der Waals surface area contributed by atoms with E-state index in [0.717, 1.165) is 0 Å². The second-order valence-electron chi connectivity index (χ2n) is 14.8. The van der Waals surface area contributed by atoms with E-state index in [9.17, 15) is 57.8 Å². The maximum atomic E-state index is 13.9. The van der Waals surface area contributed by atoms with Gasteiger partial charge >= 0.3 is 0 Å². The third-order valence-corrected chi connectivity index (χ3v) is 9.94. The number of nitrogens with two attached hydrogens (primary N) is 5. The smallest absolute Gasteiger partial charge is 0.245 e. The van der Waals surface area contributed by atoms with Gasteiger partial charge in [-0.3, -0.25) is 57.7 Å². The minimum atomic E-state index is -1.71. The van der Waals surface area contributed by atoms with Crippen LogP contribution in [-0.2, 0) is 52.7 Å². The van der Waals surface area contributed by atoms with E-state index in [1.54, 1.807) is 0 Å². The van der Waals surface area contributed by atoms with E-state index in [-0.39, 0.29) is 57.0 Å². The third kappa shape index (κ3) is 23.7. The fraction of sp³-hybridized carbons (Fsp3) is 0.667. The van der Waals surface area contributed by atoms with Crippen LogP contribution in [0.1, 0.15) is 57.8 Å². The molecule has 11 amide bonds. The van der Waals surface area contributed by atoms with Gasteiger partial charge in [0.25, 0.3) is 0 Å². The van der Waals surface area contributed by atoms with E-state index in [2.05, 4.69) is 70.2 Å². The van der Waals surface area contributed by atoms with E-state index in [1.165, 1.54) is 4.90 Å². The number of guanidine groups is 1. The van der Waals surface area contributed by atoms with Crippen molar-refractivity contribution in [3.05, 3.63) is 10.4 Å². The Hall–Kier alpha value is -6.98. The summed E-state index contributed by atoms with van der Waals surface area (Å²) in [5.74, 6) is -9.59. The van der Waals surface area contributed by atoms with Gasteiger partial charge in [-0.15, -0.1) is 0 Å². The highest BCUT2D eigenvalue weighted by Crippen LogP contribution is 2.20. The van der Waals surface area contributed by atoms with Crippen LogP contribution in [0.5, 0.6) is 0 Å². The Morgan fingerprint density at radius 2 is 1.27 bits per heavy atom. The highest BCUT2D eigenvalue weighted by molar-refractivity contribution is 7.80. The number of rotatable bonds is 32. The van der Waals surface area contributed by atoms with Gasteiger partial charge in [0.1, 0.15) is 30.2 Å². The maximum Gasteiger partial charge on any atom is 0.245 e. The Morgan fingerprint density at radius 3 is 1.82 bits per heavy atom. The number of nitrogens with zero attached hydrogens (tertiary/aromatic N) is 5. The number of carbonyl (C=O) groups is 11. The fourth-order valence-electron chi connectivity index (χ4n) is 6.02. The molecule has 19 N–H and O–H groups in total. The molecule has 374 valence electrons. The minimum absolute atomic E-state index is 0.0361. The molecule has 67 heavy (non-hydrogen) atoms. The van der Waals surface area contributed by atoms with Gasteiger partial charge in [-0.25, -0.2) is 0 Å². The number of azide groups is 1. The van der Waals surface area contributed by atoms with Crippen LogP contribution < -0.4 is 71.2 Å². The quantitative estimate of drug-likeness (QED) is 0.00566. The number of aliphatic hydroxyl groups is 1. The van der Waals surface area contributed by atoms with E-state index < -0.39 is 147 Å². The van der Waals surface area contributed by atoms with Crippen molar-refractivity contribution in [2.75, 3.05) is 58.2 Å². The highest BCUT2D eigenvalue weighted by Gasteiger charge is 2.39. The summed E-state index contributed by atoms with van der Waals surface area (Å²) in [6, 6.07) is -7.72. The number of thiol groups is 1. The summed E-state index contributed by atoms with van der Waals surface area (Å²) in [7, 11) is 0. The fourth-order valence-corrected chi connectivity index (χ4v) is 6.29. The first-order valence-corrected chi connectivity index (χ1v) is 21.6. The normalized spacial score (nSPS) is 15.0. The summed E-state index contributed by atoms with van der Waals surface area (Å²) >= 11 is 4.02. The van der Waals surface area contributed by atoms with Crippen molar-refractivity contribution in [2.45, 2.75) is 94.0 Å². The van der Waals surface area contributed by atoms with E-state index >= 15 is 0 Å². The van der Waals surface area contributed by atoms with Crippen molar-refractivity contribution in [1.82, 2.24) is 47.4 Å².